The molecule has 1 heterocycles. The zero-order valence-corrected chi connectivity index (χ0v) is 12.4. The van der Waals surface area contributed by atoms with Gasteiger partial charge in [-0.25, -0.2) is 0 Å². The number of phenols is 1. The number of para-hydroxylation sites is 1. The second kappa shape index (κ2) is 6.36. The fraction of sp³-hybridized carbons (Fsp3) is 0.0625. The van der Waals surface area contributed by atoms with Crippen molar-refractivity contribution < 1.29 is 9.90 Å². The number of carbonyl (C=O) groups is 1. The summed E-state index contributed by atoms with van der Waals surface area (Å²) >= 11 is 1.31. The van der Waals surface area contributed by atoms with Crippen molar-refractivity contribution in [1.29, 1.82) is 0 Å². The summed E-state index contributed by atoms with van der Waals surface area (Å²) in [7, 11) is 0. The minimum absolute atomic E-state index is 0.0902. The number of aromatic nitrogens is 2. The molecule has 0 atom stereocenters. The summed E-state index contributed by atoms with van der Waals surface area (Å²) in [6.45, 7) is 0. The summed E-state index contributed by atoms with van der Waals surface area (Å²) in [4.78, 5) is 12.0. The van der Waals surface area contributed by atoms with Crippen LogP contribution in [0.4, 0.5) is 5.13 Å². The quantitative estimate of drug-likeness (QED) is 0.776. The molecule has 3 aromatic rings. The average molecular weight is 311 g/mol. The van der Waals surface area contributed by atoms with Crippen LogP contribution in [-0.4, -0.2) is 21.2 Å². The average Bonchev–Trinajstić information content (AvgIpc) is 2.99. The highest BCUT2D eigenvalue weighted by Crippen LogP contribution is 2.26. The van der Waals surface area contributed by atoms with Crippen LogP contribution in [0.3, 0.4) is 0 Å². The maximum absolute atomic E-state index is 12.0. The van der Waals surface area contributed by atoms with Crippen molar-refractivity contribution in [3.8, 4) is 16.3 Å². The number of aromatic hydroxyl groups is 1. The number of hydrogen-bond donors (Lipinski definition) is 2. The molecular weight excluding hydrogens is 298 g/mol. The lowest BCUT2D eigenvalue weighted by Crippen LogP contribution is -2.14. The van der Waals surface area contributed by atoms with Crippen molar-refractivity contribution >= 4 is 22.4 Å². The van der Waals surface area contributed by atoms with Crippen LogP contribution >= 0.6 is 11.3 Å². The lowest BCUT2D eigenvalue weighted by molar-refractivity contribution is -0.115. The van der Waals surface area contributed by atoms with E-state index in [-0.39, 0.29) is 18.1 Å². The lowest BCUT2D eigenvalue weighted by atomic mass is 10.1. The van der Waals surface area contributed by atoms with E-state index in [1.165, 1.54) is 11.3 Å². The van der Waals surface area contributed by atoms with Gasteiger partial charge in [0, 0.05) is 11.1 Å². The molecule has 3 rings (SSSR count). The Morgan fingerprint density at radius 2 is 1.77 bits per heavy atom. The molecule has 6 heteroatoms. The Morgan fingerprint density at radius 1 is 1.05 bits per heavy atom. The van der Waals surface area contributed by atoms with Gasteiger partial charge < -0.3 is 10.4 Å². The second-order valence-corrected chi connectivity index (χ2v) is 5.61. The van der Waals surface area contributed by atoms with E-state index in [0.29, 0.717) is 10.7 Å². The second-order valence-electron chi connectivity index (χ2n) is 4.63. The molecule has 5 nitrogen and oxygen atoms in total. The minimum atomic E-state index is -0.239. The molecule has 2 aromatic carbocycles. The molecule has 2 N–H and O–H groups in total. The normalized spacial score (nSPS) is 10.4. The van der Waals surface area contributed by atoms with Gasteiger partial charge in [0.2, 0.25) is 11.0 Å². The van der Waals surface area contributed by atoms with Gasteiger partial charge in [0.15, 0.2) is 0 Å². The SMILES string of the molecule is O=C(Cc1ccccc1O)Nc1nnc(-c2ccccc2)s1. The lowest BCUT2D eigenvalue weighted by Gasteiger charge is -2.03. The fourth-order valence-corrected chi connectivity index (χ4v) is 2.73. The number of anilines is 1. The maximum Gasteiger partial charge on any atom is 0.230 e. The largest absolute Gasteiger partial charge is 0.508 e. The summed E-state index contributed by atoms with van der Waals surface area (Å²) < 4.78 is 0. The third-order valence-electron chi connectivity index (χ3n) is 3.03. The van der Waals surface area contributed by atoms with E-state index < -0.39 is 0 Å². The first-order chi connectivity index (χ1) is 10.7. The van der Waals surface area contributed by atoms with E-state index >= 15 is 0 Å². The Hall–Kier alpha value is -2.73. The predicted octanol–water partition coefficient (Wildman–Crippen LogP) is 3.09. The van der Waals surface area contributed by atoms with Crippen molar-refractivity contribution in [3.63, 3.8) is 0 Å². The van der Waals surface area contributed by atoms with Crippen LogP contribution < -0.4 is 5.32 Å². The smallest absolute Gasteiger partial charge is 0.230 e. The van der Waals surface area contributed by atoms with Gasteiger partial charge >= 0.3 is 0 Å². The minimum Gasteiger partial charge on any atom is -0.508 e. The van der Waals surface area contributed by atoms with Gasteiger partial charge in [0.05, 0.1) is 6.42 Å². The van der Waals surface area contributed by atoms with E-state index in [1.807, 2.05) is 30.3 Å². The maximum atomic E-state index is 12.0. The Balaban J connectivity index is 1.68. The third-order valence-corrected chi connectivity index (χ3v) is 3.92. The molecule has 0 bridgehead atoms. The first kappa shape index (κ1) is 14.2. The molecular formula is C16H13N3O2S. The number of phenolic OH excluding ortho intramolecular Hbond substituents is 1. The van der Waals surface area contributed by atoms with E-state index in [1.54, 1.807) is 24.3 Å². The Kier molecular flexibility index (Phi) is 4.11. The predicted molar refractivity (Wildman–Crippen MR) is 85.8 cm³/mol. The van der Waals surface area contributed by atoms with Crippen LogP contribution in [0.15, 0.2) is 54.6 Å². The molecule has 0 saturated carbocycles. The summed E-state index contributed by atoms with van der Waals surface area (Å²) in [5.74, 6) is -0.128. The van der Waals surface area contributed by atoms with Crippen molar-refractivity contribution in [2.45, 2.75) is 6.42 Å². The van der Waals surface area contributed by atoms with Gasteiger partial charge in [-0.3, -0.25) is 4.79 Å². The molecule has 0 aliphatic rings. The number of carbonyl (C=O) groups excluding carboxylic acids is 1. The van der Waals surface area contributed by atoms with E-state index in [4.69, 9.17) is 0 Å². The topological polar surface area (TPSA) is 75.1 Å². The van der Waals surface area contributed by atoms with Crippen LogP contribution in [0.2, 0.25) is 0 Å². The van der Waals surface area contributed by atoms with Crippen LogP contribution in [0.25, 0.3) is 10.6 Å². The van der Waals surface area contributed by atoms with Crippen LogP contribution in [0.5, 0.6) is 5.75 Å². The third kappa shape index (κ3) is 3.29. The van der Waals surface area contributed by atoms with Crippen molar-refractivity contribution in [2.24, 2.45) is 0 Å². The molecule has 1 amide bonds. The van der Waals surface area contributed by atoms with Crippen molar-refractivity contribution in [2.75, 3.05) is 5.32 Å². The standard InChI is InChI=1S/C16H13N3O2S/c20-13-9-5-4-8-12(13)10-14(21)17-16-19-18-15(22-16)11-6-2-1-3-7-11/h1-9,20H,10H2,(H,17,19,21). The number of amides is 1. The van der Waals surface area contributed by atoms with Gasteiger partial charge in [-0.05, 0) is 6.07 Å². The number of benzene rings is 2. The Labute approximate surface area is 131 Å². The van der Waals surface area contributed by atoms with E-state index in [9.17, 15) is 9.90 Å². The van der Waals surface area contributed by atoms with Gasteiger partial charge in [0.25, 0.3) is 0 Å². The highest BCUT2D eigenvalue weighted by molar-refractivity contribution is 7.18. The molecule has 0 spiro atoms. The van der Waals surface area contributed by atoms with Crippen LogP contribution in [0.1, 0.15) is 5.56 Å². The van der Waals surface area contributed by atoms with Crippen LogP contribution in [0, 0.1) is 0 Å². The van der Waals surface area contributed by atoms with Crippen LogP contribution in [-0.2, 0) is 11.2 Å². The summed E-state index contributed by atoms with van der Waals surface area (Å²) in [5.41, 5.74) is 1.54. The molecule has 0 unspecified atom stereocenters. The first-order valence-corrected chi connectivity index (χ1v) is 7.49. The van der Waals surface area contributed by atoms with Crippen molar-refractivity contribution in [3.05, 3.63) is 60.2 Å². The molecule has 0 aliphatic heterocycles. The number of nitrogens with one attached hydrogen (secondary N) is 1. The Bertz CT molecular complexity index is 787. The van der Waals surface area contributed by atoms with Gasteiger partial charge in [-0.1, -0.05) is 59.9 Å². The Morgan fingerprint density at radius 3 is 2.55 bits per heavy atom. The van der Waals surface area contributed by atoms with Gasteiger partial charge in [-0.15, -0.1) is 10.2 Å². The fourth-order valence-electron chi connectivity index (χ4n) is 1.97. The number of rotatable bonds is 4. The van der Waals surface area contributed by atoms with Crippen molar-refractivity contribution in [1.82, 2.24) is 10.2 Å². The zero-order valence-electron chi connectivity index (χ0n) is 11.6. The molecule has 0 radical (unpaired) electrons. The molecule has 0 saturated heterocycles. The molecule has 1 aromatic heterocycles. The van der Waals surface area contributed by atoms with Gasteiger partial charge in [-0.2, -0.15) is 0 Å². The first-order valence-electron chi connectivity index (χ1n) is 6.68. The zero-order chi connectivity index (χ0) is 15.4. The summed E-state index contributed by atoms with van der Waals surface area (Å²) in [6, 6.07) is 16.4. The summed E-state index contributed by atoms with van der Waals surface area (Å²) in [6.07, 6.45) is 0.0902. The van der Waals surface area contributed by atoms with E-state index in [2.05, 4.69) is 15.5 Å². The molecule has 0 aliphatic carbocycles. The number of hydrogen-bond acceptors (Lipinski definition) is 5. The highest BCUT2D eigenvalue weighted by atomic mass is 32.1. The highest BCUT2D eigenvalue weighted by Gasteiger charge is 2.11. The monoisotopic (exact) mass is 311 g/mol. The summed E-state index contributed by atoms with van der Waals surface area (Å²) in [5, 5.41) is 21.6. The van der Waals surface area contributed by atoms with Gasteiger partial charge in [0.1, 0.15) is 10.8 Å². The van der Waals surface area contributed by atoms with E-state index in [0.717, 1.165) is 10.6 Å². The molecule has 22 heavy (non-hydrogen) atoms. The molecule has 110 valence electrons. The number of nitrogens with zero attached hydrogens (tertiary/aromatic N) is 2. The molecule has 0 fully saturated rings.